The minimum Gasteiger partial charge on any atom is -0.505 e. The highest BCUT2D eigenvalue weighted by Gasteiger charge is 2.13. The number of aromatic hydroxyl groups is 1. The Morgan fingerprint density at radius 2 is 2.17 bits per heavy atom. The van der Waals surface area contributed by atoms with E-state index in [0.717, 1.165) is 0 Å². The molecule has 0 spiro atoms. The molecule has 0 unspecified atom stereocenters. The van der Waals surface area contributed by atoms with E-state index in [2.05, 4.69) is 31.2 Å². The third-order valence-corrected chi connectivity index (χ3v) is 2.74. The van der Waals surface area contributed by atoms with Gasteiger partial charge in [-0.15, -0.1) is 0 Å². The number of carbonyl (C=O) groups excluding carboxylic acids is 1. The van der Waals surface area contributed by atoms with Crippen molar-refractivity contribution < 1.29 is 9.90 Å². The fourth-order valence-corrected chi connectivity index (χ4v) is 1.81. The molecule has 2 rings (SSSR count). The number of rotatable bonds is 2. The standard InChI is InChI=1S/C12H10BrN3O2/c1-7-8(4-5-10(13)15-7)16-12(18)11-9(17)3-2-6-14-11/h2-6,17H,1H3,(H,16,18). The molecular formula is C12H10BrN3O2. The van der Waals surface area contributed by atoms with E-state index in [9.17, 15) is 9.90 Å². The molecule has 2 aromatic heterocycles. The Balaban J connectivity index is 2.24. The number of hydrogen-bond acceptors (Lipinski definition) is 4. The lowest BCUT2D eigenvalue weighted by Crippen LogP contribution is -2.14. The molecule has 0 aliphatic rings. The normalized spacial score (nSPS) is 10.1. The van der Waals surface area contributed by atoms with Crippen LogP contribution in [0.5, 0.6) is 5.75 Å². The first kappa shape index (κ1) is 12.5. The minimum absolute atomic E-state index is 0.0141. The molecule has 6 heteroatoms. The van der Waals surface area contributed by atoms with Gasteiger partial charge in [-0.25, -0.2) is 9.97 Å². The van der Waals surface area contributed by atoms with Gasteiger partial charge in [-0.05, 0) is 47.1 Å². The van der Waals surface area contributed by atoms with E-state index in [1.807, 2.05) is 0 Å². The van der Waals surface area contributed by atoms with Crippen molar-refractivity contribution in [1.82, 2.24) is 9.97 Å². The molecule has 2 aromatic rings. The van der Waals surface area contributed by atoms with Crippen molar-refractivity contribution in [2.24, 2.45) is 0 Å². The molecule has 0 atom stereocenters. The van der Waals surface area contributed by atoms with Crippen molar-refractivity contribution >= 4 is 27.5 Å². The molecule has 0 radical (unpaired) electrons. The van der Waals surface area contributed by atoms with Crippen LogP contribution in [0, 0.1) is 6.92 Å². The van der Waals surface area contributed by atoms with Gasteiger partial charge in [0.25, 0.3) is 5.91 Å². The number of hydrogen-bond donors (Lipinski definition) is 2. The summed E-state index contributed by atoms with van der Waals surface area (Å²) in [5.74, 6) is -0.627. The van der Waals surface area contributed by atoms with Gasteiger partial charge in [0.15, 0.2) is 5.69 Å². The predicted octanol–water partition coefficient (Wildman–Crippen LogP) is 2.51. The SMILES string of the molecule is Cc1nc(Br)ccc1NC(=O)c1ncccc1O. The number of anilines is 1. The molecule has 0 bridgehead atoms. The van der Waals surface area contributed by atoms with Crippen molar-refractivity contribution in [1.29, 1.82) is 0 Å². The van der Waals surface area contributed by atoms with Gasteiger partial charge in [0, 0.05) is 6.20 Å². The molecule has 0 aliphatic carbocycles. The molecule has 18 heavy (non-hydrogen) atoms. The van der Waals surface area contributed by atoms with E-state index < -0.39 is 5.91 Å². The molecule has 0 saturated heterocycles. The third kappa shape index (κ3) is 2.65. The fraction of sp³-hybridized carbons (Fsp3) is 0.0833. The average molecular weight is 308 g/mol. The van der Waals surface area contributed by atoms with E-state index in [0.29, 0.717) is 16.0 Å². The van der Waals surface area contributed by atoms with E-state index in [1.54, 1.807) is 25.1 Å². The zero-order valence-electron chi connectivity index (χ0n) is 9.51. The van der Waals surface area contributed by atoms with Crippen LogP contribution >= 0.6 is 15.9 Å². The molecule has 2 heterocycles. The van der Waals surface area contributed by atoms with E-state index in [1.165, 1.54) is 12.3 Å². The Morgan fingerprint density at radius 3 is 2.83 bits per heavy atom. The van der Waals surface area contributed by atoms with Crippen molar-refractivity contribution in [3.8, 4) is 5.75 Å². The first-order chi connectivity index (χ1) is 8.58. The van der Waals surface area contributed by atoms with Crippen LogP contribution in [-0.2, 0) is 0 Å². The summed E-state index contributed by atoms with van der Waals surface area (Å²) in [7, 11) is 0. The number of amides is 1. The summed E-state index contributed by atoms with van der Waals surface area (Å²) in [5.41, 5.74) is 1.24. The van der Waals surface area contributed by atoms with Gasteiger partial charge < -0.3 is 10.4 Å². The fourth-order valence-electron chi connectivity index (χ4n) is 1.42. The summed E-state index contributed by atoms with van der Waals surface area (Å²) >= 11 is 3.24. The Kier molecular flexibility index (Phi) is 3.57. The summed E-state index contributed by atoms with van der Waals surface area (Å²) in [4.78, 5) is 19.9. The van der Waals surface area contributed by atoms with Gasteiger partial charge in [-0.1, -0.05) is 0 Å². The molecule has 2 N–H and O–H groups in total. The van der Waals surface area contributed by atoms with Crippen LogP contribution in [-0.4, -0.2) is 21.0 Å². The van der Waals surface area contributed by atoms with Crippen molar-refractivity contribution in [3.63, 3.8) is 0 Å². The minimum atomic E-state index is -0.472. The number of aromatic nitrogens is 2. The first-order valence-electron chi connectivity index (χ1n) is 5.16. The van der Waals surface area contributed by atoms with E-state index in [4.69, 9.17) is 0 Å². The van der Waals surface area contributed by atoms with Crippen LogP contribution < -0.4 is 5.32 Å². The summed E-state index contributed by atoms with van der Waals surface area (Å²) in [5, 5.41) is 12.2. The van der Waals surface area contributed by atoms with Crippen molar-refractivity contribution in [3.05, 3.63) is 46.5 Å². The highest BCUT2D eigenvalue weighted by Crippen LogP contribution is 2.19. The molecule has 0 saturated carbocycles. The van der Waals surface area contributed by atoms with Gasteiger partial charge >= 0.3 is 0 Å². The van der Waals surface area contributed by atoms with Crippen molar-refractivity contribution in [2.45, 2.75) is 6.92 Å². The highest BCUT2D eigenvalue weighted by atomic mass is 79.9. The lowest BCUT2D eigenvalue weighted by molar-refractivity contribution is 0.101. The number of pyridine rings is 2. The van der Waals surface area contributed by atoms with Crippen LogP contribution in [0.25, 0.3) is 0 Å². The molecule has 0 aliphatic heterocycles. The van der Waals surface area contributed by atoms with Crippen LogP contribution in [0.2, 0.25) is 0 Å². The number of nitrogens with zero attached hydrogens (tertiary/aromatic N) is 2. The lowest BCUT2D eigenvalue weighted by atomic mass is 10.2. The van der Waals surface area contributed by atoms with Crippen LogP contribution in [0.15, 0.2) is 35.1 Å². The van der Waals surface area contributed by atoms with Gasteiger partial charge in [-0.2, -0.15) is 0 Å². The second-order valence-corrected chi connectivity index (χ2v) is 4.40. The Bertz CT molecular complexity index is 602. The van der Waals surface area contributed by atoms with Crippen LogP contribution in [0.4, 0.5) is 5.69 Å². The second-order valence-electron chi connectivity index (χ2n) is 3.59. The Labute approximate surface area is 112 Å². The maximum absolute atomic E-state index is 11.9. The smallest absolute Gasteiger partial charge is 0.278 e. The number of aryl methyl sites for hydroxylation is 1. The van der Waals surface area contributed by atoms with Crippen molar-refractivity contribution in [2.75, 3.05) is 5.32 Å². The third-order valence-electron chi connectivity index (χ3n) is 2.30. The maximum Gasteiger partial charge on any atom is 0.278 e. The molecule has 92 valence electrons. The predicted molar refractivity (Wildman–Crippen MR) is 70.5 cm³/mol. The van der Waals surface area contributed by atoms with E-state index >= 15 is 0 Å². The molecule has 1 amide bonds. The Morgan fingerprint density at radius 1 is 1.39 bits per heavy atom. The molecule has 5 nitrogen and oxygen atoms in total. The van der Waals surface area contributed by atoms with Gasteiger partial charge in [0.2, 0.25) is 0 Å². The largest absolute Gasteiger partial charge is 0.505 e. The lowest BCUT2D eigenvalue weighted by Gasteiger charge is -2.08. The Hall–Kier alpha value is -1.95. The van der Waals surface area contributed by atoms with Crippen LogP contribution in [0.1, 0.15) is 16.2 Å². The van der Waals surface area contributed by atoms with Gasteiger partial charge in [-0.3, -0.25) is 4.79 Å². The van der Waals surface area contributed by atoms with Crippen LogP contribution in [0.3, 0.4) is 0 Å². The van der Waals surface area contributed by atoms with E-state index in [-0.39, 0.29) is 11.4 Å². The average Bonchev–Trinajstić information content (AvgIpc) is 2.33. The molecular weight excluding hydrogens is 298 g/mol. The zero-order valence-corrected chi connectivity index (χ0v) is 11.1. The summed E-state index contributed by atoms with van der Waals surface area (Å²) in [6.07, 6.45) is 1.45. The monoisotopic (exact) mass is 307 g/mol. The summed E-state index contributed by atoms with van der Waals surface area (Å²) < 4.78 is 0.693. The maximum atomic E-state index is 11.9. The number of halogens is 1. The molecule has 0 fully saturated rings. The number of nitrogens with one attached hydrogen (secondary N) is 1. The quantitative estimate of drug-likeness (QED) is 0.836. The van der Waals surface area contributed by atoms with Gasteiger partial charge in [0.05, 0.1) is 11.4 Å². The summed E-state index contributed by atoms with van der Waals surface area (Å²) in [6.45, 7) is 1.78. The molecule has 0 aromatic carbocycles. The topological polar surface area (TPSA) is 75.1 Å². The zero-order chi connectivity index (χ0) is 13.1. The highest BCUT2D eigenvalue weighted by molar-refractivity contribution is 9.10. The summed E-state index contributed by atoms with van der Waals surface area (Å²) in [6, 6.07) is 6.42. The second kappa shape index (κ2) is 5.14. The number of carbonyl (C=O) groups is 1. The first-order valence-corrected chi connectivity index (χ1v) is 5.95. The van der Waals surface area contributed by atoms with Gasteiger partial charge in [0.1, 0.15) is 10.4 Å².